The van der Waals surface area contributed by atoms with Crippen molar-refractivity contribution >= 4 is 18.7 Å². The summed E-state index contributed by atoms with van der Waals surface area (Å²) in [5.41, 5.74) is 1.31. The molecule has 1 saturated heterocycles. The lowest BCUT2D eigenvalue weighted by atomic mass is 9.66. The van der Waals surface area contributed by atoms with Crippen molar-refractivity contribution in [2.24, 2.45) is 5.92 Å². The molecule has 0 aromatic heterocycles. The Hall–Kier alpha value is -1.59. The highest BCUT2D eigenvalue weighted by atomic mass is 16.9. The van der Waals surface area contributed by atoms with Crippen LogP contribution in [0.4, 0.5) is 0 Å². The van der Waals surface area contributed by atoms with Gasteiger partial charge in [-0.2, -0.15) is 0 Å². The van der Waals surface area contributed by atoms with Crippen LogP contribution in [0.3, 0.4) is 0 Å². The number of esters is 1. The summed E-state index contributed by atoms with van der Waals surface area (Å²) in [7, 11) is 0.364. The smallest absolute Gasteiger partial charge is 0.336 e. The van der Waals surface area contributed by atoms with E-state index in [-0.39, 0.29) is 0 Å². The Balaban J connectivity index is 2.14. The van der Waals surface area contributed by atoms with Gasteiger partial charge in [0.2, 0.25) is 0 Å². The summed E-state index contributed by atoms with van der Waals surface area (Å²) in [6, 6.07) is 9.71. The molecule has 0 saturated carbocycles. The zero-order valence-electron chi connectivity index (χ0n) is 12.6. The lowest BCUT2D eigenvalue weighted by Gasteiger charge is -2.39. The molecule has 0 bridgehead atoms. The Kier molecular flexibility index (Phi) is 5.20. The van der Waals surface area contributed by atoms with Crippen LogP contribution in [0.5, 0.6) is 0 Å². The van der Waals surface area contributed by atoms with E-state index in [0.717, 1.165) is 11.9 Å². The van der Waals surface area contributed by atoms with E-state index in [1.807, 2.05) is 30.3 Å². The number of carbonyl (C=O) groups is 1. The first-order valence-corrected chi connectivity index (χ1v) is 7.25. The van der Waals surface area contributed by atoms with E-state index in [1.54, 1.807) is 6.92 Å². The Morgan fingerprint density at radius 3 is 2.52 bits per heavy atom. The minimum absolute atomic E-state index is 0.326. The Morgan fingerprint density at radius 2 is 2.00 bits per heavy atom. The third-order valence-electron chi connectivity index (χ3n) is 3.52. The second-order valence-corrected chi connectivity index (χ2v) is 5.41. The topological polar surface area (TPSA) is 44.8 Å². The van der Waals surface area contributed by atoms with Crippen LogP contribution in [0.25, 0.3) is 0 Å². The van der Waals surface area contributed by atoms with Crippen LogP contribution < -0.4 is 5.46 Å². The van der Waals surface area contributed by atoms with Gasteiger partial charge in [0.05, 0.1) is 13.2 Å². The van der Waals surface area contributed by atoms with Crippen molar-refractivity contribution in [3.63, 3.8) is 0 Å². The average molecular weight is 288 g/mol. The van der Waals surface area contributed by atoms with Crippen molar-refractivity contribution in [3.8, 4) is 0 Å². The summed E-state index contributed by atoms with van der Waals surface area (Å²) in [6.07, 6.45) is 0.968. The van der Waals surface area contributed by atoms with Crippen molar-refractivity contribution in [2.75, 3.05) is 13.2 Å². The molecule has 0 unspecified atom stereocenters. The number of ether oxygens (including phenoxy) is 3. The summed E-state index contributed by atoms with van der Waals surface area (Å²) in [6.45, 7) is 8.34. The first-order chi connectivity index (χ1) is 10.0. The Bertz CT molecular complexity index is 492. The molecule has 1 aromatic rings. The first kappa shape index (κ1) is 15.8. The van der Waals surface area contributed by atoms with Crippen molar-refractivity contribution in [1.29, 1.82) is 0 Å². The fourth-order valence-electron chi connectivity index (χ4n) is 2.09. The molecule has 112 valence electrons. The number of rotatable bonds is 5. The molecule has 1 aliphatic rings. The van der Waals surface area contributed by atoms with Gasteiger partial charge in [0.25, 0.3) is 13.2 Å². The molecule has 1 aliphatic heterocycles. The van der Waals surface area contributed by atoms with Gasteiger partial charge in [-0.25, -0.2) is 4.79 Å². The summed E-state index contributed by atoms with van der Waals surface area (Å²) in [5.74, 6) is -1.51. The van der Waals surface area contributed by atoms with E-state index in [0.29, 0.717) is 32.0 Å². The average Bonchev–Trinajstić information content (AvgIpc) is 2.49. The molecular formula is C16H21BO4. The predicted octanol–water partition coefficient (Wildman–Crippen LogP) is 1.55. The van der Waals surface area contributed by atoms with Gasteiger partial charge in [-0.05, 0) is 13.3 Å². The lowest BCUT2D eigenvalue weighted by molar-refractivity contribution is -0.341. The van der Waals surface area contributed by atoms with E-state index < -0.39 is 11.8 Å². The van der Waals surface area contributed by atoms with Crippen LogP contribution in [0, 0.1) is 5.92 Å². The van der Waals surface area contributed by atoms with Gasteiger partial charge < -0.3 is 14.2 Å². The molecule has 1 fully saturated rings. The predicted molar refractivity (Wildman–Crippen MR) is 82.5 cm³/mol. The van der Waals surface area contributed by atoms with Gasteiger partial charge in [-0.3, -0.25) is 0 Å². The summed E-state index contributed by atoms with van der Waals surface area (Å²) in [4.78, 5) is 11.9. The Morgan fingerprint density at radius 1 is 1.38 bits per heavy atom. The molecular weight excluding hydrogens is 267 g/mol. The second kappa shape index (κ2) is 6.92. The fourth-order valence-corrected chi connectivity index (χ4v) is 2.09. The van der Waals surface area contributed by atoms with Crippen molar-refractivity contribution in [1.82, 2.24) is 0 Å². The van der Waals surface area contributed by atoms with Crippen molar-refractivity contribution < 1.29 is 19.0 Å². The van der Waals surface area contributed by atoms with Gasteiger partial charge in [0.1, 0.15) is 0 Å². The summed E-state index contributed by atoms with van der Waals surface area (Å²) < 4.78 is 17.0. The second-order valence-electron chi connectivity index (χ2n) is 5.41. The van der Waals surface area contributed by atoms with Crippen LogP contribution in [-0.2, 0) is 19.0 Å². The summed E-state index contributed by atoms with van der Waals surface area (Å²) >= 11 is 0. The maximum Gasteiger partial charge on any atom is 0.336 e. The molecule has 0 radical (unpaired) electrons. The molecule has 0 atom stereocenters. The Labute approximate surface area is 126 Å². The zero-order valence-corrected chi connectivity index (χ0v) is 12.6. The highest BCUT2D eigenvalue weighted by Crippen LogP contribution is 2.24. The van der Waals surface area contributed by atoms with Crippen LogP contribution in [0.2, 0.25) is 0 Å². The highest BCUT2D eigenvalue weighted by Gasteiger charge is 2.42. The summed E-state index contributed by atoms with van der Waals surface area (Å²) in [5, 5.41) is 0. The number of benzene rings is 1. The van der Waals surface area contributed by atoms with Crippen LogP contribution >= 0.6 is 0 Å². The molecule has 1 heterocycles. The standard InChI is InChI=1S/C16H21BO4/c1-4-13-10-19-16(20-11-13,21-15(18)12(2)3)17-14-8-6-5-7-9-14/h5-9,13,17H,2,4,10-11H2,1,3H3. The van der Waals surface area contributed by atoms with Gasteiger partial charge in [0.15, 0.2) is 0 Å². The maximum atomic E-state index is 11.9. The van der Waals surface area contributed by atoms with Crippen LogP contribution in [0.1, 0.15) is 20.3 Å². The maximum absolute atomic E-state index is 11.9. The molecule has 0 amide bonds. The lowest BCUT2D eigenvalue weighted by Crippen LogP contribution is -2.55. The molecule has 0 spiro atoms. The van der Waals surface area contributed by atoms with E-state index >= 15 is 0 Å². The SMILES string of the molecule is C=C(C)C(=O)OC1(Bc2ccccc2)OCC(CC)CO1. The van der Waals surface area contributed by atoms with E-state index in [1.165, 1.54) is 0 Å². The van der Waals surface area contributed by atoms with E-state index in [4.69, 9.17) is 14.2 Å². The van der Waals surface area contributed by atoms with Crippen LogP contribution in [0.15, 0.2) is 42.5 Å². The molecule has 1 aromatic carbocycles. The minimum atomic E-state index is -1.34. The third-order valence-corrected chi connectivity index (χ3v) is 3.52. The normalized spacial score (nSPS) is 25.1. The van der Waals surface area contributed by atoms with Crippen molar-refractivity contribution in [2.45, 2.75) is 26.1 Å². The largest absolute Gasteiger partial charge is 0.413 e. The fraction of sp³-hybridized carbons (Fsp3) is 0.438. The number of hydrogen-bond acceptors (Lipinski definition) is 4. The quantitative estimate of drug-likeness (QED) is 0.468. The molecule has 21 heavy (non-hydrogen) atoms. The van der Waals surface area contributed by atoms with Crippen LogP contribution in [-0.4, -0.2) is 32.3 Å². The van der Waals surface area contributed by atoms with E-state index in [2.05, 4.69) is 13.5 Å². The molecule has 4 nitrogen and oxygen atoms in total. The molecule has 0 aliphatic carbocycles. The molecule has 2 rings (SSSR count). The zero-order chi connectivity index (χ0) is 15.3. The minimum Gasteiger partial charge on any atom is -0.413 e. The van der Waals surface area contributed by atoms with E-state index in [9.17, 15) is 4.79 Å². The van der Waals surface area contributed by atoms with Crippen molar-refractivity contribution in [3.05, 3.63) is 42.5 Å². The third kappa shape index (κ3) is 4.19. The van der Waals surface area contributed by atoms with Gasteiger partial charge in [0, 0.05) is 11.5 Å². The first-order valence-electron chi connectivity index (χ1n) is 7.25. The van der Waals surface area contributed by atoms with Gasteiger partial charge >= 0.3 is 5.97 Å². The molecule has 5 heteroatoms. The number of hydrogen-bond donors (Lipinski definition) is 0. The van der Waals surface area contributed by atoms with Gasteiger partial charge in [-0.1, -0.05) is 49.3 Å². The molecule has 0 N–H and O–H groups in total. The monoisotopic (exact) mass is 288 g/mol. The van der Waals surface area contributed by atoms with Gasteiger partial charge in [-0.15, -0.1) is 0 Å². The highest BCUT2D eigenvalue weighted by molar-refractivity contribution is 6.55. The number of carbonyl (C=O) groups excluding carboxylic acids is 1.